The lowest BCUT2D eigenvalue weighted by Crippen LogP contribution is -1.95. The van der Waals surface area contributed by atoms with Gasteiger partial charge >= 0.3 is 0 Å². The molecule has 1 aliphatic heterocycles. The predicted molar refractivity (Wildman–Crippen MR) is 61.5 cm³/mol. The van der Waals surface area contributed by atoms with E-state index in [4.69, 9.17) is 10.5 Å². The van der Waals surface area contributed by atoms with Gasteiger partial charge < -0.3 is 10.5 Å². The number of fused-ring (bicyclic) bond motifs is 2. The first kappa shape index (κ1) is 8.68. The lowest BCUT2D eigenvalue weighted by molar-refractivity contribution is 0.455. The SMILES string of the molecule is Nc1ccc2c(c1)Oc1ccccc1S2. The van der Waals surface area contributed by atoms with Gasteiger partial charge in [0.25, 0.3) is 0 Å². The smallest absolute Gasteiger partial charge is 0.143 e. The van der Waals surface area contributed by atoms with Gasteiger partial charge in [0, 0.05) is 11.8 Å². The Hall–Kier alpha value is -1.61. The van der Waals surface area contributed by atoms with Crippen LogP contribution >= 0.6 is 11.8 Å². The summed E-state index contributed by atoms with van der Waals surface area (Å²) >= 11 is 1.71. The lowest BCUT2D eigenvalue weighted by atomic mass is 10.3. The second-order valence-corrected chi connectivity index (χ2v) is 4.44. The average Bonchev–Trinajstić information content (AvgIpc) is 2.26. The zero-order valence-corrected chi connectivity index (χ0v) is 8.75. The second kappa shape index (κ2) is 3.21. The number of ether oxygens (including phenoxy) is 1. The minimum absolute atomic E-state index is 0.730. The standard InChI is InChI=1S/C12H9NOS/c13-8-5-6-12-10(7-8)14-9-3-1-2-4-11(9)15-12/h1-7H,13H2. The van der Waals surface area contributed by atoms with Crippen molar-refractivity contribution in [1.82, 2.24) is 0 Å². The molecule has 0 spiro atoms. The van der Waals surface area contributed by atoms with Gasteiger partial charge in [0.05, 0.1) is 9.79 Å². The normalized spacial score (nSPS) is 12.5. The maximum atomic E-state index is 5.76. The van der Waals surface area contributed by atoms with E-state index in [1.807, 2.05) is 36.4 Å². The molecular weight excluding hydrogens is 206 g/mol. The minimum atomic E-state index is 0.730. The highest BCUT2D eigenvalue weighted by molar-refractivity contribution is 7.99. The molecule has 0 unspecified atom stereocenters. The third-order valence-electron chi connectivity index (χ3n) is 2.26. The van der Waals surface area contributed by atoms with E-state index in [0.29, 0.717) is 0 Å². The van der Waals surface area contributed by atoms with Crippen molar-refractivity contribution in [1.29, 1.82) is 0 Å². The van der Waals surface area contributed by atoms with Crippen LogP contribution in [-0.4, -0.2) is 0 Å². The average molecular weight is 215 g/mol. The number of nitrogens with two attached hydrogens (primary N) is 1. The maximum Gasteiger partial charge on any atom is 0.143 e. The summed E-state index contributed by atoms with van der Waals surface area (Å²) in [4.78, 5) is 2.26. The highest BCUT2D eigenvalue weighted by Crippen LogP contribution is 2.47. The van der Waals surface area contributed by atoms with Crippen molar-refractivity contribution in [3.63, 3.8) is 0 Å². The number of rotatable bonds is 0. The summed E-state index contributed by atoms with van der Waals surface area (Å²) in [6.07, 6.45) is 0. The van der Waals surface area contributed by atoms with Gasteiger partial charge in [-0.2, -0.15) is 0 Å². The lowest BCUT2D eigenvalue weighted by Gasteiger charge is -2.19. The van der Waals surface area contributed by atoms with Gasteiger partial charge in [-0.05, 0) is 24.3 Å². The summed E-state index contributed by atoms with van der Waals surface area (Å²) in [7, 11) is 0. The molecule has 2 nitrogen and oxygen atoms in total. The summed E-state index contributed by atoms with van der Waals surface area (Å²) in [5.74, 6) is 1.75. The molecule has 0 aliphatic carbocycles. The van der Waals surface area contributed by atoms with Crippen LogP contribution < -0.4 is 10.5 Å². The molecule has 0 bridgehead atoms. The molecule has 0 aromatic heterocycles. The first-order valence-corrected chi connectivity index (χ1v) is 5.49. The first-order chi connectivity index (χ1) is 7.33. The van der Waals surface area contributed by atoms with Crippen LogP contribution in [0.1, 0.15) is 0 Å². The number of hydrogen-bond acceptors (Lipinski definition) is 3. The Morgan fingerprint density at radius 1 is 0.933 bits per heavy atom. The molecule has 0 atom stereocenters. The molecule has 0 fully saturated rings. The van der Waals surface area contributed by atoms with E-state index in [9.17, 15) is 0 Å². The van der Waals surface area contributed by atoms with Crippen LogP contribution in [0.5, 0.6) is 11.5 Å². The van der Waals surface area contributed by atoms with Crippen molar-refractivity contribution in [2.75, 3.05) is 5.73 Å². The fraction of sp³-hybridized carbons (Fsp3) is 0. The molecule has 2 aromatic carbocycles. The van der Waals surface area contributed by atoms with Gasteiger partial charge in [0.1, 0.15) is 11.5 Å². The second-order valence-electron chi connectivity index (χ2n) is 3.36. The van der Waals surface area contributed by atoms with E-state index in [2.05, 4.69) is 6.07 Å². The molecule has 0 saturated carbocycles. The molecule has 1 aliphatic rings. The largest absolute Gasteiger partial charge is 0.455 e. The molecular formula is C12H9NOS. The van der Waals surface area contributed by atoms with E-state index in [-0.39, 0.29) is 0 Å². The molecule has 15 heavy (non-hydrogen) atoms. The van der Waals surface area contributed by atoms with Crippen LogP contribution in [-0.2, 0) is 0 Å². The van der Waals surface area contributed by atoms with Crippen molar-refractivity contribution in [3.8, 4) is 11.5 Å². The van der Waals surface area contributed by atoms with Crippen LogP contribution in [0.4, 0.5) is 5.69 Å². The van der Waals surface area contributed by atoms with Crippen LogP contribution in [0.25, 0.3) is 0 Å². The fourth-order valence-electron chi connectivity index (χ4n) is 1.54. The Labute approximate surface area is 92.1 Å². The van der Waals surface area contributed by atoms with E-state index < -0.39 is 0 Å². The zero-order chi connectivity index (χ0) is 10.3. The number of benzene rings is 2. The highest BCUT2D eigenvalue weighted by Gasteiger charge is 2.16. The van der Waals surface area contributed by atoms with Gasteiger partial charge in [-0.15, -0.1) is 0 Å². The third-order valence-corrected chi connectivity index (χ3v) is 3.37. The monoisotopic (exact) mass is 215 g/mol. The zero-order valence-electron chi connectivity index (χ0n) is 7.94. The van der Waals surface area contributed by atoms with Gasteiger partial charge in [0.2, 0.25) is 0 Å². The van der Waals surface area contributed by atoms with Crippen LogP contribution in [0.15, 0.2) is 52.3 Å². The van der Waals surface area contributed by atoms with Crippen molar-refractivity contribution in [2.24, 2.45) is 0 Å². The quantitative estimate of drug-likeness (QED) is 0.583. The Balaban J connectivity index is 2.11. The molecule has 1 heterocycles. The molecule has 0 amide bonds. The molecule has 3 heteroatoms. The van der Waals surface area contributed by atoms with Gasteiger partial charge in [-0.25, -0.2) is 0 Å². The predicted octanol–water partition coefficient (Wildman–Crippen LogP) is 3.53. The molecule has 74 valence electrons. The Kier molecular flexibility index (Phi) is 1.86. The summed E-state index contributed by atoms with van der Waals surface area (Å²) in [5, 5.41) is 0. The van der Waals surface area contributed by atoms with E-state index in [1.54, 1.807) is 11.8 Å². The maximum absolute atomic E-state index is 5.76. The van der Waals surface area contributed by atoms with E-state index in [0.717, 1.165) is 27.0 Å². The van der Waals surface area contributed by atoms with Crippen molar-refractivity contribution < 1.29 is 4.74 Å². The summed E-state index contributed by atoms with van der Waals surface area (Å²) < 4.78 is 5.76. The molecule has 2 aromatic rings. The van der Waals surface area contributed by atoms with Crippen molar-refractivity contribution in [2.45, 2.75) is 9.79 Å². The molecule has 3 rings (SSSR count). The van der Waals surface area contributed by atoms with Crippen molar-refractivity contribution in [3.05, 3.63) is 42.5 Å². The Morgan fingerprint density at radius 2 is 1.73 bits per heavy atom. The molecule has 0 saturated heterocycles. The van der Waals surface area contributed by atoms with Crippen molar-refractivity contribution >= 4 is 17.4 Å². The number of anilines is 1. The van der Waals surface area contributed by atoms with Crippen LogP contribution in [0, 0.1) is 0 Å². The van der Waals surface area contributed by atoms with Crippen LogP contribution in [0.3, 0.4) is 0 Å². The number of para-hydroxylation sites is 1. The summed E-state index contributed by atoms with van der Waals surface area (Å²) in [6, 6.07) is 13.7. The molecule has 2 N–H and O–H groups in total. The Bertz CT molecular complexity index is 525. The topological polar surface area (TPSA) is 35.2 Å². The Morgan fingerprint density at radius 3 is 2.67 bits per heavy atom. The van der Waals surface area contributed by atoms with E-state index in [1.165, 1.54) is 0 Å². The summed E-state index contributed by atoms with van der Waals surface area (Å²) in [5.41, 5.74) is 6.44. The first-order valence-electron chi connectivity index (χ1n) is 4.67. The number of hydrogen-bond donors (Lipinski definition) is 1. The number of nitrogen functional groups attached to an aromatic ring is 1. The van der Waals surface area contributed by atoms with Gasteiger partial charge in [0.15, 0.2) is 0 Å². The molecule has 0 radical (unpaired) electrons. The van der Waals surface area contributed by atoms with Gasteiger partial charge in [-0.3, -0.25) is 0 Å². The van der Waals surface area contributed by atoms with Gasteiger partial charge in [-0.1, -0.05) is 23.9 Å². The fourth-order valence-corrected chi connectivity index (χ4v) is 2.48. The van der Waals surface area contributed by atoms with Crippen LogP contribution in [0.2, 0.25) is 0 Å². The minimum Gasteiger partial charge on any atom is -0.455 e. The summed E-state index contributed by atoms with van der Waals surface area (Å²) in [6.45, 7) is 0. The highest BCUT2D eigenvalue weighted by atomic mass is 32.2. The third kappa shape index (κ3) is 1.45. The van der Waals surface area contributed by atoms with E-state index >= 15 is 0 Å².